The van der Waals surface area contributed by atoms with E-state index in [0.717, 1.165) is 23.1 Å². The molecule has 0 atom stereocenters. The Morgan fingerprint density at radius 3 is 2.73 bits per heavy atom. The molecule has 1 amide bonds. The molecule has 0 aliphatic carbocycles. The second kappa shape index (κ2) is 8.54. The third-order valence-electron chi connectivity index (χ3n) is 4.19. The number of rotatable bonds is 8. The van der Waals surface area contributed by atoms with Crippen molar-refractivity contribution in [1.82, 2.24) is 4.57 Å². The molecule has 1 N–H and O–H groups in total. The van der Waals surface area contributed by atoms with E-state index in [-0.39, 0.29) is 5.91 Å². The molecule has 3 aromatic rings. The van der Waals surface area contributed by atoms with Crippen molar-refractivity contribution < 1.29 is 14.3 Å². The number of hydrogen-bond acceptors (Lipinski definition) is 3. The highest BCUT2D eigenvalue weighted by Gasteiger charge is 2.13. The van der Waals surface area contributed by atoms with Crippen LogP contribution in [0.1, 0.15) is 24.2 Å². The van der Waals surface area contributed by atoms with Crippen molar-refractivity contribution in [2.75, 3.05) is 25.1 Å². The Bertz CT molecular complexity index is 886. The Morgan fingerprint density at radius 2 is 1.92 bits per heavy atom. The minimum absolute atomic E-state index is 0.189. The summed E-state index contributed by atoms with van der Waals surface area (Å²) in [5.41, 5.74) is 2.43. The fourth-order valence-corrected chi connectivity index (χ4v) is 2.89. The molecule has 0 bridgehead atoms. The monoisotopic (exact) mass is 352 g/mol. The zero-order chi connectivity index (χ0) is 18.4. The SMILES string of the molecule is CCOCCOc1ccccc1C(=O)Nc1ccc2c(ccn2CC)c1. The molecule has 136 valence electrons. The molecule has 0 spiro atoms. The van der Waals surface area contributed by atoms with E-state index >= 15 is 0 Å². The first-order valence-electron chi connectivity index (χ1n) is 8.92. The van der Waals surface area contributed by atoms with Gasteiger partial charge in [-0.3, -0.25) is 4.79 Å². The lowest BCUT2D eigenvalue weighted by Crippen LogP contribution is -2.15. The van der Waals surface area contributed by atoms with Crippen LogP contribution in [0.2, 0.25) is 0 Å². The summed E-state index contributed by atoms with van der Waals surface area (Å²) in [7, 11) is 0. The summed E-state index contributed by atoms with van der Waals surface area (Å²) in [6.45, 7) is 6.52. The Labute approximate surface area is 153 Å². The van der Waals surface area contributed by atoms with E-state index in [1.165, 1.54) is 0 Å². The highest BCUT2D eigenvalue weighted by Crippen LogP contribution is 2.23. The van der Waals surface area contributed by atoms with Gasteiger partial charge in [0.15, 0.2) is 0 Å². The van der Waals surface area contributed by atoms with Gasteiger partial charge in [0.1, 0.15) is 12.4 Å². The lowest BCUT2D eigenvalue weighted by atomic mass is 10.1. The van der Waals surface area contributed by atoms with Gasteiger partial charge in [0, 0.05) is 35.9 Å². The molecule has 0 fully saturated rings. The van der Waals surface area contributed by atoms with Gasteiger partial charge in [0.05, 0.1) is 12.2 Å². The number of carbonyl (C=O) groups is 1. The van der Waals surface area contributed by atoms with Crippen LogP contribution in [0, 0.1) is 0 Å². The second-order valence-corrected chi connectivity index (χ2v) is 5.87. The van der Waals surface area contributed by atoms with Crippen LogP contribution < -0.4 is 10.1 Å². The minimum atomic E-state index is -0.189. The van der Waals surface area contributed by atoms with Crippen molar-refractivity contribution in [3.05, 3.63) is 60.3 Å². The van der Waals surface area contributed by atoms with Crippen molar-refractivity contribution in [3.63, 3.8) is 0 Å². The fourth-order valence-electron chi connectivity index (χ4n) is 2.89. The predicted octanol–water partition coefficient (Wildman–Crippen LogP) is 4.33. The van der Waals surface area contributed by atoms with Crippen LogP contribution in [0.5, 0.6) is 5.75 Å². The van der Waals surface area contributed by atoms with E-state index in [0.29, 0.717) is 31.1 Å². The van der Waals surface area contributed by atoms with Crippen LogP contribution in [-0.4, -0.2) is 30.3 Å². The summed E-state index contributed by atoms with van der Waals surface area (Å²) in [6, 6.07) is 15.2. The van der Waals surface area contributed by atoms with E-state index < -0.39 is 0 Å². The molecule has 5 nitrogen and oxygen atoms in total. The first kappa shape index (κ1) is 18.0. The number of hydrogen-bond donors (Lipinski definition) is 1. The fraction of sp³-hybridized carbons (Fsp3) is 0.286. The summed E-state index contributed by atoms with van der Waals surface area (Å²) >= 11 is 0. The van der Waals surface area contributed by atoms with Crippen LogP contribution in [0.4, 0.5) is 5.69 Å². The zero-order valence-corrected chi connectivity index (χ0v) is 15.2. The molecule has 5 heteroatoms. The molecular weight excluding hydrogens is 328 g/mol. The van der Waals surface area contributed by atoms with Gasteiger partial charge in [-0.2, -0.15) is 0 Å². The average molecular weight is 352 g/mol. The van der Waals surface area contributed by atoms with Crippen LogP contribution in [0.25, 0.3) is 10.9 Å². The maximum absolute atomic E-state index is 12.7. The Kier molecular flexibility index (Phi) is 5.92. The Balaban J connectivity index is 1.73. The maximum Gasteiger partial charge on any atom is 0.259 e. The predicted molar refractivity (Wildman–Crippen MR) is 104 cm³/mol. The highest BCUT2D eigenvalue weighted by atomic mass is 16.5. The molecule has 3 rings (SSSR count). The van der Waals surface area contributed by atoms with Gasteiger partial charge in [-0.1, -0.05) is 12.1 Å². The molecule has 1 aromatic heterocycles. The molecule has 0 saturated heterocycles. The maximum atomic E-state index is 12.7. The standard InChI is InChI=1S/C21H24N2O3/c1-3-23-12-11-16-15-17(9-10-19(16)23)22-21(24)18-7-5-6-8-20(18)26-14-13-25-4-2/h5-12,15H,3-4,13-14H2,1-2H3,(H,22,24). The van der Waals surface area contributed by atoms with Crippen molar-refractivity contribution in [2.24, 2.45) is 0 Å². The number of ether oxygens (including phenoxy) is 2. The number of benzene rings is 2. The second-order valence-electron chi connectivity index (χ2n) is 5.87. The topological polar surface area (TPSA) is 52.5 Å². The first-order valence-corrected chi connectivity index (χ1v) is 8.92. The molecule has 0 aliphatic heterocycles. The van der Waals surface area contributed by atoms with Crippen molar-refractivity contribution in [2.45, 2.75) is 20.4 Å². The third-order valence-corrected chi connectivity index (χ3v) is 4.19. The largest absolute Gasteiger partial charge is 0.490 e. The van der Waals surface area contributed by atoms with Crippen LogP contribution >= 0.6 is 0 Å². The van der Waals surface area contributed by atoms with Gasteiger partial charge < -0.3 is 19.4 Å². The average Bonchev–Trinajstić information content (AvgIpc) is 3.08. The van der Waals surface area contributed by atoms with Crippen LogP contribution in [-0.2, 0) is 11.3 Å². The number of anilines is 1. The molecule has 2 aromatic carbocycles. The van der Waals surface area contributed by atoms with Gasteiger partial charge >= 0.3 is 0 Å². The van der Waals surface area contributed by atoms with Gasteiger partial charge in [0.2, 0.25) is 0 Å². The summed E-state index contributed by atoms with van der Waals surface area (Å²) < 4.78 is 13.1. The zero-order valence-electron chi connectivity index (χ0n) is 15.2. The molecule has 0 radical (unpaired) electrons. The van der Waals surface area contributed by atoms with Gasteiger partial charge in [-0.05, 0) is 50.2 Å². The smallest absolute Gasteiger partial charge is 0.259 e. The molecular formula is C21H24N2O3. The molecule has 0 unspecified atom stereocenters. The summed E-state index contributed by atoms with van der Waals surface area (Å²) in [6.07, 6.45) is 2.05. The summed E-state index contributed by atoms with van der Waals surface area (Å²) in [5.74, 6) is 0.370. The van der Waals surface area contributed by atoms with Gasteiger partial charge in [0.25, 0.3) is 5.91 Å². The van der Waals surface area contributed by atoms with Crippen molar-refractivity contribution in [1.29, 1.82) is 0 Å². The summed E-state index contributed by atoms with van der Waals surface area (Å²) in [5, 5.41) is 4.06. The number of para-hydroxylation sites is 1. The number of carbonyl (C=O) groups excluding carboxylic acids is 1. The summed E-state index contributed by atoms with van der Waals surface area (Å²) in [4.78, 5) is 12.7. The minimum Gasteiger partial charge on any atom is -0.490 e. The third kappa shape index (κ3) is 4.06. The quantitative estimate of drug-likeness (QED) is 0.614. The number of fused-ring (bicyclic) bond motifs is 1. The van der Waals surface area contributed by atoms with Crippen LogP contribution in [0.3, 0.4) is 0 Å². The van der Waals surface area contributed by atoms with E-state index in [1.807, 2.05) is 37.3 Å². The number of nitrogens with one attached hydrogen (secondary N) is 1. The van der Waals surface area contributed by atoms with E-state index in [9.17, 15) is 4.79 Å². The van der Waals surface area contributed by atoms with Gasteiger partial charge in [-0.25, -0.2) is 0 Å². The van der Waals surface area contributed by atoms with Crippen molar-refractivity contribution in [3.8, 4) is 5.75 Å². The molecule has 1 heterocycles. The molecule has 26 heavy (non-hydrogen) atoms. The van der Waals surface area contributed by atoms with Crippen molar-refractivity contribution >= 4 is 22.5 Å². The Morgan fingerprint density at radius 1 is 1.08 bits per heavy atom. The number of nitrogens with zero attached hydrogens (tertiary/aromatic N) is 1. The first-order chi connectivity index (χ1) is 12.7. The Hall–Kier alpha value is -2.79. The number of aryl methyl sites for hydroxylation is 1. The van der Waals surface area contributed by atoms with E-state index in [2.05, 4.69) is 29.1 Å². The highest BCUT2D eigenvalue weighted by molar-refractivity contribution is 6.06. The normalized spacial score (nSPS) is 10.8. The van der Waals surface area contributed by atoms with Gasteiger partial charge in [-0.15, -0.1) is 0 Å². The lowest BCUT2D eigenvalue weighted by molar-refractivity contribution is 0.0998. The van der Waals surface area contributed by atoms with E-state index in [4.69, 9.17) is 9.47 Å². The van der Waals surface area contributed by atoms with Crippen LogP contribution in [0.15, 0.2) is 54.7 Å². The number of amides is 1. The van der Waals surface area contributed by atoms with E-state index in [1.54, 1.807) is 12.1 Å². The molecule has 0 aliphatic rings. The molecule has 0 saturated carbocycles. The number of aromatic nitrogens is 1. The lowest BCUT2D eigenvalue weighted by Gasteiger charge is -2.12.